The molecule has 0 spiro atoms. The molecule has 0 heterocycles. The Labute approximate surface area is 151 Å². The molecule has 1 aromatic carbocycles. The topological polar surface area (TPSA) is 18.5 Å². The van der Waals surface area contributed by atoms with Crippen molar-refractivity contribution in [2.75, 3.05) is 0 Å². The molecule has 5 heteroatoms. The van der Waals surface area contributed by atoms with Crippen molar-refractivity contribution < 1.29 is 8.85 Å². The van der Waals surface area contributed by atoms with Gasteiger partial charge in [0.05, 0.1) is 0 Å². The first-order valence-corrected chi connectivity index (χ1v) is 16.7. The van der Waals surface area contributed by atoms with Gasteiger partial charge in [-0.25, -0.2) is 0 Å². The maximum absolute atomic E-state index is 6.46. The molecule has 0 bridgehead atoms. The van der Waals surface area contributed by atoms with Crippen LogP contribution in [0.3, 0.4) is 0 Å². The van der Waals surface area contributed by atoms with Crippen molar-refractivity contribution in [2.24, 2.45) is 0 Å². The second-order valence-corrected chi connectivity index (χ2v) is 17.8. The first-order valence-electron chi connectivity index (χ1n) is 8.59. The molecule has 2 nitrogen and oxygen atoms in total. The van der Waals surface area contributed by atoms with Gasteiger partial charge in [0.15, 0.2) is 0 Å². The molecule has 0 aliphatic carbocycles. The Bertz CT molecular complexity index is 531. The van der Waals surface area contributed by atoms with Crippen molar-refractivity contribution >= 4 is 31.5 Å². The quantitative estimate of drug-likeness (QED) is 0.410. The Morgan fingerprint density at radius 1 is 1.00 bits per heavy atom. The highest BCUT2D eigenvalue weighted by atomic mass is 28.4. The summed E-state index contributed by atoms with van der Waals surface area (Å²) in [5.74, 6) is -0.116. The van der Waals surface area contributed by atoms with Crippen LogP contribution in [-0.4, -0.2) is 31.3 Å². The van der Waals surface area contributed by atoms with Crippen molar-refractivity contribution in [3.8, 4) is 0 Å². The SMILES string of the molecule is C=C[Si](C)(C)OC(O[Si](C)(C)C=C)[SiH](/C=C/c1ccccc1)CC. The number of hydrogen-bond acceptors (Lipinski definition) is 2. The lowest BCUT2D eigenvalue weighted by Gasteiger charge is -2.35. The number of hydrogen-bond donors (Lipinski definition) is 0. The number of benzene rings is 1. The van der Waals surface area contributed by atoms with Gasteiger partial charge in [-0.3, -0.25) is 0 Å². The zero-order valence-electron chi connectivity index (χ0n) is 15.8. The molecule has 24 heavy (non-hydrogen) atoms. The molecule has 1 rings (SSSR count). The lowest BCUT2D eigenvalue weighted by Crippen LogP contribution is -2.48. The molecule has 0 saturated heterocycles. The third kappa shape index (κ3) is 7.27. The summed E-state index contributed by atoms with van der Waals surface area (Å²) in [6, 6.07) is 11.5. The molecule has 0 fully saturated rings. The lowest BCUT2D eigenvalue weighted by atomic mass is 10.2. The van der Waals surface area contributed by atoms with Crippen LogP contribution >= 0.6 is 0 Å². The van der Waals surface area contributed by atoms with E-state index >= 15 is 0 Å². The average Bonchev–Trinajstić information content (AvgIpc) is 2.55. The van der Waals surface area contributed by atoms with Crippen LogP contribution < -0.4 is 0 Å². The summed E-state index contributed by atoms with van der Waals surface area (Å²) in [7, 11) is -5.20. The van der Waals surface area contributed by atoms with Gasteiger partial charge in [0, 0.05) is 0 Å². The Morgan fingerprint density at radius 2 is 1.50 bits per heavy atom. The Hall–Kier alpha value is -0.989. The van der Waals surface area contributed by atoms with E-state index in [0.717, 1.165) is 6.04 Å². The van der Waals surface area contributed by atoms with Crippen molar-refractivity contribution in [1.82, 2.24) is 0 Å². The van der Waals surface area contributed by atoms with Gasteiger partial charge < -0.3 is 8.85 Å². The fraction of sp³-hybridized carbons (Fsp3) is 0.368. The highest BCUT2D eigenvalue weighted by Crippen LogP contribution is 2.20. The molecule has 0 N–H and O–H groups in total. The van der Waals surface area contributed by atoms with Crippen LogP contribution in [0.25, 0.3) is 6.08 Å². The van der Waals surface area contributed by atoms with Crippen molar-refractivity contribution in [2.45, 2.75) is 45.1 Å². The third-order valence-electron chi connectivity index (χ3n) is 3.98. The van der Waals surface area contributed by atoms with Gasteiger partial charge in [-0.15, -0.1) is 13.2 Å². The second kappa shape index (κ2) is 9.48. The maximum atomic E-state index is 6.46. The molecule has 0 aromatic heterocycles. The first kappa shape index (κ1) is 21.1. The molecule has 0 saturated carbocycles. The summed E-state index contributed by atoms with van der Waals surface area (Å²) in [5, 5.41) is 0. The minimum absolute atomic E-state index is 0.116. The summed E-state index contributed by atoms with van der Waals surface area (Å²) in [5.41, 5.74) is 7.53. The van der Waals surface area contributed by atoms with Gasteiger partial charge >= 0.3 is 0 Å². The highest BCUT2D eigenvalue weighted by Gasteiger charge is 2.33. The van der Waals surface area contributed by atoms with E-state index < -0.39 is 25.4 Å². The molecule has 1 aromatic rings. The third-order valence-corrected chi connectivity index (χ3v) is 10.8. The van der Waals surface area contributed by atoms with Crippen LogP contribution in [0, 0.1) is 0 Å². The van der Waals surface area contributed by atoms with E-state index in [9.17, 15) is 0 Å². The van der Waals surface area contributed by atoms with Crippen molar-refractivity contribution in [3.63, 3.8) is 0 Å². The standard InChI is InChI=1S/C19H32O2Si3/c1-8-22(17-16-18-14-12-11-13-15-18)19(20-23(4,5)9-2)21-24(6,7)10-3/h9-17,19,22H,2-3,8H2,1,4-7H3/b17-16+. The van der Waals surface area contributed by atoms with Crippen LogP contribution in [0.1, 0.15) is 12.5 Å². The van der Waals surface area contributed by atoms with E-state index in [2.05, 4.69) is 82.3 Å². The van der Waals surface area contributed by atoms with Gasteiger partial charge in [-0.1, -0.05) is 66.5 Å². The summed E-state index contributed by atoms with van der Waals surface area (Å²) in [4.78, 5) is 0. The molecule has 1 atom stereocenters. The molecule has 1 unspecified atom stereocenters. The summed E-state index contributed by atoms with van der Waals surface area (Å²) in [6.07, 6.45) is 2.21. The van der Waals surface area contributed by atoms with Gasteiger partial charge in [0.1, 0.15) is 14.7 Å². The normalized spacial score (nSPS) is 14.1. The lowest BCUT2D eigenvalue weighted by molar-refractivity contribution is 0.0605. The van der Waals surface area contributed by atoms with Gasteiger partial charge in [-0.2, -0.15) is 0 Å². The summed E-state index contributed by atoms with van der Waals surface area (Å²) >= 11 is 0. The van der Waals surface area contributed by atoms with E-state index in [1.165, 1.54) is 5.56 Å². The highest BCUT2D eigenvalue weighted by molar-refractivity contribution is 6.79. The van der Waals surface area contributed by atoms with Crippen LogP contribution in [0.5, 0.6) is 0 Å². The van der Waals surface area contributed by atoms with Crippen molar-refractivity contribution in [1.29, 1.82) is 0 Å². The smallest absolute Gasteiger partial charge is 0.213 e. The zero-order valence-corrected chi connectivity index (χ0v) is 18.9. The number of rotatable bonds is 10. The minimum atomic E-state index is -1.91. The second-order valence-electron chi connectivity index (χ2n) is 7.06. The van der Waals surface area contributed by atoms with Crippen LogP contribution in [0.2, 0.25) is 32.2 Å². The van der Waals surface area contributed by atoms with E-state index in [4.69, 9.17) is 8.85 Å². The molecule has 132 valence electrons. The fourth-order valence-electron chi connectivity index (χ4n) is 2.11. The average molecular weight is 377 g/mol. The first-order chi connectivity index (χ1) is 11.2. The molecular formula is C19H32O2Si3. The predicted molar refractivity (Wildman–Crippen MR) is 114 cm³/mol. The van der Waals surface area contributed by atoms with E-state index in [1.54, 1.807) is 0 Å². The maximum Gasteiger partial charge on any atom is 0.213 e. The zero-order chi connectivity index (χ0) is 18.2. The predicted octanol–water partition coefficient (Wildman–Crippen LogP) is 5.25. The summed E-state index contributed by atoms with van der Waals surface area (Å²) < 4.78 is 12.9. The molecule has 0 amide bonds. The molecule has 0 aliphatic heterocycles. The van der Waals surface area contributed by atoms with Crippen LogP contribution in [-0.2, 0) is 8.85 Å². The van der Waals surface area contributed by atoms with Crippen molar-refractivity contribution in [3.05, 3.63) is 66.2 Å². The molecular weight excluding hydrogens is 344 g/mol. The molecule has 0 radical (unpaired) electrons. The van der Waals surface area contributed by atoms with Crippen LogP contribution in [0.4, 0.5) is 0 Å². The largest absolute Gasteiger partial charge is 0.393 e. The summed E-state index contributed by atoms with van der Waals surface area (Å²) in [6.45, 7) is 18.8. The van der Waals surface area contributed by atoms with Gasteiger partial charge in [0.2, 0.25) is 16.6 Å². The fourth-order valence-corrected chi connectivity index (χ4v) is 8.50. The van der Waals surface area contributed by atoms with Crippen LogP contribution in [0.15, 0.2) is 60.6 Å². The Balaban J connectivity index is 3.01. The minimum Gasteiger partial charge on any atom is -0.393 e. The van der Waals surface area contributed by atoms with Gasteiger partial charge in [0.25, 0.3) is 0 Å². The van der Waals surface area contributed by atoms with E-state index in [-0.39, 0.29) is 5.91 Å². The molecule has 0 aliphatic rings. The monoisotopic (exact) mass is 376 g/mol. The van der Waals surface area contributed by atoms with E-state index in [1.807, 2.05) is 17.5 Å². The Morgan fingerprint density at radius 3 is 1.92 bits per heavy atom. The van der Waals surface area contributed by atoms with Gasteiger partial charge in [-0.05, 0) is 31.8 Å². The Kier molecular flexibility index (Phi) is 8.32. The van der Waals surface area contributed by atoms with E-state index in [0.29, 0.717) is 0 Å².